The van der Waals surface area contributed by atoms with Crippen LogP contribution in [0, 0.1) is 35.5 Å². The lowest BCUT2D eigenvalue weighted by Gasteiger charge is -2.43. The van der Waals surface area contributed by atoms with E-state index in [-0.39, 0.29) is 0 Å². The van der Waals surface area contributed by atoms with Crippen molar-refractivity contribution in [2.45, 2.75) is 98.3 Å². The van der Waals surface area contributed by atoms with Crippen LogP contribution in [0.4, 0.5) is 0 Å². The van der Waals surface area contributed by atoms with Gasteiger partial charge in [0.25, 0.3) is 0 Å². The van der Waals surface area contributed by atoms with Crippen molar-refractivity contribution in [3.63, 3.8) is 0 Å². The minimum atomic E-state index is 1.01. The van der Waals surface area contributed by atoms with E-state index in [1.807, 2.05) is 0 Å². The van der Waals surface area contributed by atoms with E-state index in [0.29, 0.717) is 0 Å². The molecule has 0 aromatic rings. The molecule has 0 radical (unpaired) electrons. The Labute approximate surface area is 134 Å². The van der Waals surface area contributed by atoms with E-state index in [0.717, 1.165) is 35.5 Å². The topological polar surface area (TPSA) is 0 Å². The van der Waals surface area contributed by atoms with Gasteiger partial charge in [-0.25, -0.2) is 0 Å². The number of hydrogen-bond acceptors (Lipinski definition) is 0. The van der Waals surface area contributed by atoms with Gasteiger partial charge in [0.05, 0.1) is 0 Å². The predicted octanol–water partition coefficient (Wildman–Crippen LogP) is 7.08. The molecule has 0 aromatic heterocycles. The van der Waals surface area contributed by atoms with E-state index in [2.05, 4.69) is 27.7 Å². The second kappa shape index (κ2) is 8.59. The van der Waals surface area contributed by atoms with Crippen LogP contribution >= 0.6 is 0 Å². The van der Waals surface area contributed by atoms with E-state index in [4.69, 9.17) is 0 Å². The van der Waals surface area contributed by atoms with E-state index >= 15 is 0 Å². The molecule has 0 N–H and O–H groups in total. The Bertz CT molecular complexity index is 282. The van der Waals surface area contributed by atoms with Gasteiger partial charge in [-0.1, -0.05) is 72.6 Å². The van der Waals surface area contributed by atoms with Gasteiger partial charge in [-0.2, -0.15) is 0 Å². The van der Waals surface area contributed by atoms with E-state index in [1.165, 1.54) is 64.2 Å². The standard InChI is InChI=1S/C21H40/c1-5-17-12-14-19(21(7-3)20(17)6-2)15-13-18-11-9-8-10-16(18)4/h16-21H,5-15H2,1-4H3. The summed E-state index contributed by atoms with van der Waals surface area (Å²) in [5.74, 6) is 6.21. The fourth-order valence-electron chi connectivity index (χ4n) is 5.94. The molecule has 0 amide bonds. The highest BCUT2D eigenvalue weighted by atomic mass is 14.4. The Hall–Kier alpha value is 0. The van der Waals surface area contributed by atoms with Crippen LogP contribution in [0.1, 0.15) is 98.3 Å². The van der Waals surface area contributed by atoms with Gasteiger partial charge in [-0.05, 0) is 61.2 Å². The summed E-state index contributed by atoms with van der Waals surface area (Å²) in [4.78, 5) is 0. The zero-order valence-corrected chi connectivity index (χ0v) is 15.2. The lowest BCUT2D eigenvalue weighted by Crippen LogP contribution is -2.34. The van der Waals surface area contributed by atoms with Crippen LogP contribution < -0.4 is 0 Å². The smallest absolute Gasteiger partial charge is 0.0357 e. The molecule has 124 valence electrons. The lowest BCUT2D eigenvalue weighted by atomic mass is 9.62. The van der Waals surface area contributed by atoms with Crippen LogP contribution in [0.25, 0.3) is 0 Å². The maximum absolute atomic E-state index is 2.52. The summed E-state index contributed by atoms with van der Waals surface area (Å²) in [7, 11) is 0. The van der Waals surface area contributed by atoms with Crippen LogP contribution in [0.2, 0.25) is 0 Å². The molecular weight excluding hydrogens is 252 g/mol. The van der Waals surface area contributed by atoms with Crippen molar-refractivity contribution >= 4 is 0 Å². The van der Waals surface area contributed by atoms with Crippen LogP contribution in [0.3, 0.4) is 0 Å². The van der Waals surface area contributed by atoms with Crippen molar-refractivity contribution in [3.05, 3.63) is 0 Å². The number of hydrogen-bond donors (Lipinski definition) is 0. The maximum atomic E-state index is 2.52. The Morgan fingerprint density at radius 1 is 0.619 bits per heavy atom. The highest BCUT2D eigenvalue weighted by molar-refractivity contribution is 4.86. The normalized spacial score (nSPS) is 41.1. The highest BCUT2D eigenvalue weighted by Crippen LogP contribution is 2.46. The molecule has 21 heavy (non-hydrogen) atoms. The van der Waals surface area contributed by atoms with Crippen LogP contribution in [0.5, 0.6) is 0 Å². The molecule has 0 aromatic carbocycles. The molecule has 6 atom stereocenters. The molecule has 2 rings (SSSR count). The van der Waals surface area contributed by atoms with Gasteiger partial charge in [0.2, 0.25) is 0 Å². The fourth-order valence-corrected chi connectivity index (χ4v) is 5.94. The molecule has 2 fully saturated rings. The second-order valence-corrected chi connectivity index (χ2v) is 8.25. The van der Waals surface area contributed by atoms with Crippen molar-refractivity contribution in [1.82, 2.24) is 0 Å². The fraction of sp³-hybridized carbons (Fsp3) is 1.00. The maximum Gasteiger partial charge on any atom is -0.0357 e. The van der Waals surface area contributed by atoms with E-state index in [1.54, 1.807) is 6.42 Å². The summed E-state index contributed by atoms with van der Waals surface area (Å²) in [5, 5.41) is 0. The van der Waals surface area contributed by atoms with Gasteiger partial charge < -0.3 is 0 Å². The molecule has 0 saturated heterocycles. The van der Waals surface area contributed by atoms with Crippen molar-refractivity contribution in [2.75, 3.05) is 0 Å². The average molecular weight is 293 g/mol. The SMILES string of the molecule is CCC1CCC(CCC2CCCCC2C)C(CC)C1CC. The third kappa shape index (κ3) is 4.26. The first kappa shape index (κ1) is 17.4. The molecule has 2 aliphatic carbocycles. The van der Waals surface area contributed by atoms with Gasteiger partial charge in [0.1, 0.15) is 0 Å². The first-order valence-electron chi connectivity index (χ1n) is 10.2. The molecule has 0 spiro atoms. The first-order chi connectivity index (χ1) is 10.2. The molecule has 0 bridgehead atoms. The molecule has 0 aliphatic heterocycles. The molecule has 0 heterocycles. The minimum Gasteiger partial charge on any atom is -0.0651 e. The molecule has 6 unspecified atom stereocenters. The Kier molecular flexibility index (Phi) is 7.10. The summed E-state index contributed by atoms with van der Waals surface area (Å²) in [6.45, 7) is 9.84. The molecule has 0 nitrogen and oxygen atoms in total. The third-order valence-corrected chi connectivity index (χ3v) is 7.33. The quantitative estimate of drug-likeness (QED) is 0.490. The van der Waals surface area contributed by atoms with Crippen molar-refractivity contribution in [2.24, 2.45) is 35.5 Å². The predicted molar refractivity (Wildman–Crippen MR) is 94.4 cm³/mol. The number of rotatable bonds is 6. The van der Waals surface area contributed by atoms with Crippen molar-refractivity contribution < 1.29 is 0 Å². The summed E-state index contributed by atoms with van der Waals surface area (Å²) in [6.07, 6.45) is 16.4. The Morgan fingerprint density at radius 3 is 1.81 bits per heavy atom. The summed E-state index contributed by atoms with van der Waals surface area (Å²) in [6, 6.07) is 0. The Balaban J connectivity index is 1.89. The Morgan fingerprint density at radius 2 is 1.19 bits per heavy atom. The van der Waals surface area contributed by atoms with Gasteiger partial charge in [-0.15, -0.1) is 0 Å². The van der Waals surface area contributed by atoms with Gasteiger partial charge >= 0.3 is 0 Å². The largest absolute Gasteiger partial charge is 0.0651 e. The summed E-state index contributed by atoms with van der Waals surface area (Å²) in [5.41, 5.74) is 0. The molecule has 0 heteroatoms. The summed E-state index contributed by atoms with van der Waals surface area (Å²) >= 11 is 0. The van der Waals surface area contributed by atoms with E-state index < -0.39 is 0 Å². The average Bonchev–Trinajstić information content (AvgIpc) is 2.52. The van der Waals surface area contributed by atoms with Gasteiger partial charge in [-0.3, -0.25) is 0 Å². The first-order valence-corrected chi connectivity index (χ1v) is 10.2. The van der Waals surface area contributed by atoms with Crippen LogP contribution in [0.15, 0.2) is 0 Å². The minimum absolute atomic E-state index is 1.01. The zero-order chi connectivity index (χ0) is 15.2. The summed E-state index contributed by atoms with van der Waals surface area (Å²) < 4.78 is 0. The van der Waals surface area contributed by atoms with Crippen molar-refractivity contribution in [3.8, 4) is 0 Å². The lowest BCUT2D eigenvalue weighted by molar-refractivity contribution is 0.0665. The van der Waals surface area contributed by atoms with E-state index in [9.17, 15) is 0 Å². The third-order valence-electron chi connectivity index (χ3n) is 7.33. The molecule has 2 saturated carbocycles. The van der Waals surface area contributed by atoms with Gasteiger partial charge in [0, 0.05) is 0 Å². The van der Waals surface area contributed by atoms with Crippen LogP contribution in [-0.2, 0) is 0 Å². The highest BCUT2D eigenvalue weighted by Gasteiger charge is 2.36. The molecular formula is C21H40. The zero-order valence-electron chi connectivity index (χ0n) is 15.2. The second-order valence-electron chi connectivity index (χ2n) is 8.25. The van der Waals surface area contributed by atoms with Gasteiger partial charge in [0.15, 0.2) is 0 Å². The monoisotopic (exact) mass is 292 g/mol. The van der Waals surface area contributed by atoms with Crippen LogP contribution in [-0.4, -0.2) is 0 Å². The van der Waals surface area contributed by atoms with Crippen molar-refractivity contribution in [1.29, 1.82) is 0 Å². The molecule has 2 aliphatic rings.